The van der Waals surface area contributed by atoms with Gasteiger partial charge in [0.05, 0.1) is 32.4 Å². The van der Waals surface area contributed by atoms with E-state index in [1.54, 1.807) is 0 Å². The lowest BCUT2D eigenvalue weighted by molar-refractivity contribution is -0.137. The molecule has 1 fully saturated rings. The Morgan fingerprint density at radius 2 is 1.59 bits per heavy atom. The maximum Gasteiger partial charge on any atom is 0.481 e. The summed E-state index contributed by atoms with van der Waals surface area (Å²) in [6.07, 6.45) is -4.50. The van der Waals surface area contributed by atoms with E-state index in [2.05, 4.69) is 34.4 Å². The van der Waals surface area contributed by atoms with Gasteiger partial charge in [-0.05, 0) is 6.42 Å². The van der Waals surface area contributed by atoms with Gasteiger partial charge in [0.25, 0.3) is 0 Å². The zero-order valence-corrected chi connectivity index (χ0v) is 38.0. The van der Waals surface area contributed by atoms with Crippen molar-refractivity contribution in [2.45, 2.75) is 103 Å². The maximum atomic E-state index is 12.7. The number of thioether (sulfide) groups is 1. The summed E-state index contributed by atoms with van der Waals surface area (Å²) in [5.74, 6) is -1.46. The van der Waals surface area contributed by atoms with Gasteiger partial charge in [-0.1, -0.05) is 33.6 Å². The van der Waals surface area contributed by atoms with Crippen LogP contribution in [-0.4, -0.2) is 141 Å². The van der Waals surface area contributed by atoms with Crippen molar-refractivity contribution in [1.29, 1.82) is 0 Å². The van der Waals surface area contributed by atoms with Gasteiger partial charge in [0.15, 0.2) is 17.7 Å². The molecule has 2 unspecified atom stereocenters. The van der Waals surface area contributed by atoms with Crippen LogP contribution < -0.4 is 16.4 Å². The van der Waals surface area contributed by atoms with E-state index in [1.807, 2.05) is 6.92 Å². The molecule has 2 aromatic heterocycles. The highest BCUT2D eigenvalue weighted by molar-refractivity contribution is 7.99. The number of ketones is 3. The predicted octanol–water partition coefficient (Wildman–Crippen LogP) is 0.596. The van der Waals surface area contributed by atoms with Crippen LogP contribution in [0.4, 0.5) is 5.82 Å². The molecule has 0 aliphatic carbocycles. The second kappa shape index (κ2) is 24.4. The minimum Gasteiger partial charge on any atom is -0.386 e. The van der Waals surface area contributed by atoms with Crippen LogP contribution in [0.3, 0.4) is 0 Å². The lowest BCUT2D eigenvalue weighted by atomic mass is 9.87. The molecule has 356 valence electrons. The number of nitrogens with zero attached hydrogens (tertiary/aromatic N) is 4. The fourth-order valence-electron chi connectivity index (χ4n) is 5.74. The number of nitrogens with one attached hydrogen (secondary N) is 2. The fourth-order valence-corrected chi connectivity index (χ4v) is 9.39. The largest absolute Gasteiger partial charge is 0.481 e. The molecule has 10 N–H and O–H groups in total. The Kier molecular flexibility index (Phi) is 21.0. The molecule has 1 aliphatic heterocycles. The number of nitrogen functional groups attached to an aromatic ring is 1. The average Bonchev–Trinajstić information content (AvgIpc) is 3.74. The fraction of sp³-hybridized carbons (Fsp3) is 0.697. The number of phosphoric ester groups is 3. The summed E-state index contributed by atoms with van der Waals surface area (Å²) in [4.78, 5) is 112. The molecular weight excluding hydrogens is 923 g/mol. The smallest absolute Gasteiger partial charge is 0.386 e. The Labute approximate surface area is 365 Å². The second-order valence-electron chi connectivity index (χ2n) is 14.9. The standard InChI is InChI=1S/C33H54N7O19P3S/c1-4-5-6-7-20(41)14-22(43)15-21(42)9-12-63-13-11-35-24(44)8-10-36-31(47)28(46)33(2,3)17-56-62(53,54)59-61(51,52)55-16-23-27(58-60(48,49)50)26(45)32(57-23)40-19-39-25-29(34)37-18-38-30(25)40/h18-19,23,26-28,32,45-46H,4-17H2,1-3H3,(H,35,44)(H,36,47)(H,51,52)(H,53,54)(H2,34,37,38)(H2,48,49,50)/t23-,26-,27-,28+,32-/m1/s1. The molecule has 0 spiro atoms. The van der Waals surface area contributed by atoms with E-state index in [9.17, 15) is 67.5 Å². The van der Waals surface area contributed by atoms with Gasteiger partial charge in [-0.15, -0.1) is 0 Å². The van der Waals surface area contributed by atoms with Crippen molar-refractivity contribution in [3.05, 3.63) is 12.7 Å². The molecule has 26 nitrogen and oxygen atoms in total. The van der Waals surface area contributed by atoms with Gasteiger partial charge < -0.3 is 50.9 Å². The lowest BCUT2D eigenvalue weighted by Gasteiger charge is -2.30. The number of unbranched alkanes of at least 4 members (excludes halogenated alkanes) is 2. The summed E-state index contributed by atoms with van der Waals surface area (Å²) in [5, 5.41) is 26.5. The third kappa shape index (κ3) is 18.4. The summed E-state index contributed by atoms with van der Waals surface area (Å²) in [6.45, 7) is 2.45. The first-order valence-electron chi connectivity index (χ1n) is 19.4. The number of fused-ring (bicyclic) bond motifs is 1. The van der Waals surface area contributed by atoms with Crippen LogP contribution in [0.25, 0.3) is 11.2 Å². The van der Waals surface area contributed by atoms with Crippen LogP contribution >= 0.6 is 35.2 Å². The van der Waals surface area contributed by atoms with Crippen molar-refractivity contribution in [1.82, 2.24) is 30.2 Å². The molecule has 1 aliphatic rings. The summed E-state index contributed by atoms with van der Waals surface area (Å²) >= 11 is 1.37. The van der Waals surface area contributed by atoms with E-state index in [-0.39, 0.29) is 67.3 Å². The normalized spacial score (nSPS) is 20.5. The van der Waals surface area contributed by atoms with E-state index in [0.29, 0.717) is 17.9 Å². The third-order valence-corrected chi connectivity index (χ3v) is 13.1. The zero-order valence-electron chi connectivity index (χ0n) is 34.5. The van der Waals surface area contributed by atoms with Crippen LogP contribution in [0.2, 0.25) is 0 Å². The first-order chi connectivity index (χ1) is 29.3. The number of anilines is 1. The predicted molar refractivity (Wildman–Crippen MR) is 220 cm³/mol. The number of hydrogen-bond donors (Lipinski definition) is 9. The van der Waals surface area contributed by atoms with Crippen LogP contribution in [0.15, 0.2) is 12.7 Å². The Balaban J connectivity index is 1.38. The highest BCUT2D eigenvalue weighted by Crippen LogP contribution is 2.61. The number of aromatic nitrogens is 4. The number of carbonyl (C=O) groups is 5. The molecule has 3 heterocycles. The van der Waals surface area contributed by atoms with Crippen molar-refractivity contribution in [2.75, 3.05) is 43.5 Å². The molecule has 2 amide bonds. The van der Waals surface area contributed by atoms with Crippen LogP contribution in [0.1, 0.15) is 78.4 Å². The van der Waals surface area contributed by atoms with E-state index in [4.69, 9.17) is 19.5 Å². The maximum absolute atomic E-state index is 12.7. The quantitative estimate of drug-likeness (QED) is 0.0294. The van der Waals surface area contributed by atoms with E-state index in [0.717, 1.165) is 36.5 Å². The minimum atomic E-state index is -5.59. The second-order valence-corrected chi connectivity index (χ2v) is 20.3. The van der Waals surface area contributed by atoms with Gasteiger partial charge in [0, 0.05) is 49.3 Å². The Morgan fingerprint density at radius 1 is 0.921 bits per heavy atom. The highest BCUT2D eigenvalue weighted by atomic mass is 32.2. The van der Waals surface area contributed by atoms with E-state index < -0.39 is 90.3 Å². The Hall–Kier alpha value is -3.10. The Bertz CT molecular complexity index is 2060. The molecule has 2 aromatic rings. The molecular formula is C33H54N7O19P3S. The molecule has 3 rings (SSSR count). The van der Waals surface area contributed by atoms with Crippen molar-refractivity contribution in [3.63, 3.8) is 0 Å². The minimum absolute atomic E-state index is 0.0222. The number of amides is 2. The van der Waals surface area contributed by atoms with Gasteiger partial charge in [0.1, 0.15) is 53.6 Å². The molecule has 30 heteroatoms. The third-order valence-electron chi connectivity index (χ3n) is 9.02. The molecule has 0 aromatic carbocycles. The number of rotatable bonds is 30. The SMILES string of the molecule is CCCCCC(=O)CC(=O)CC(=O)CCSCCNC(=O)CCNC(=O)[C@H](O)C(C)(C)COP(=O)(O)OP(=O)(O)OC[C@H]1O[C@@H](n2cnc3c(N)ncnc32)[C@H](O)[C@@H]1OP(=O)(O)O. The summed E-state index contributed by atoms with van der Waals surface area (Å²) in [6, 6.07) is 0. The zero-order chi connectivity index (χ0) is 47.2. The van der Waals surface area contributed by atoms with E-state index >= 15 is 0 Å². The molecule has 0 radical (unpaired) electrons. The van der Waals surface area contributed by atoms with Crippen molar-refractivity contribution in [3.8, 4) is 0 Å². The molecule has 0 saturated carbocycles. The van der Waals surface area contributed by atoms with E-state index in [1.165, 1.54) is 25.6 Å². The molecule has 0 bridgehead atoms. The van der Waals surface area contributed by atoms with Gasteiger partial charge >= 0.3 is 23.5 Å². The molecule has 7 atom stereocenters. The van der Waals surface area contributed by atoms with Crippen LogP contribution in [0, 0.1) is 5.41 Å². The topological polar surface area (TPSA) is 398 Å². The first kappa shape index (κ1) is 54.2. The number of carbonyl (C=O) groups excluding carboxylic acids is 5. The van der Waals surface area contributed by atoms with Crippen LogP contribution in [-0.2, 0) is 60.3 Å². The summed E-state index contributed by atoms with van der Waals surface area (Å²) in [5.41, 5.74) is 4.23. The number of hydrogen-bond acceptors (Lipinski definition) is 20. The summed E-state index contributed by atoms with van der Waals surface area (Å²) in [7, 11) is -16.4. The molecule has 1 saturated heterocycles. The molecule has 63 heavy (non-hydrogen) atoms. The average molecular weight is 978 g/mol. The number of Topliss-reactive ketones (excluding diaryl/α,β-unsaturated/α-hetero) is 3. The van der Waals surface area contributed by atoms with Gasteiger partial charge in [0.2, 0.25) is 11.8 Å². The summed E-state index contributed by atoms with van der Waals surface area (Å²) < 4.78 is 62.2. The van der Waals surface area contributed by atoms with Gasteiger partial charge in [-0.2, -0.15) is 16.1 Å². The number of ether oxygens (including phenoxy) is 1. The number of aliphatic hydroxyl groups excluding tert-OH is 2. The van der Waals surface area contributed by atoms with Crippen molar-refractivity contribution >= 4 is 81.4 Å². The number of imidazole rings is 1. The first-order valence-corrected chi connectivity index (χ1v) is 25.0. The van der Waals surface area contributed by atoms with Crippen molar-refractivity contribution < 1.29 is 90.1 Å². The number of phosphoric acid groups is 3. The Morgan fingerprint density at radius 3 is 2.25 bits per heavy atom. The lowest BCUT2D eigenvalue weighted by Crippen LogP contribution is -2.46. The monoisotopic (exact) mass is 977 g/mol. The van der Waals surface area contributed by atoms with Gasteiger partial charge in [-0.25, -0.2) is 28.6 Å². The van der Waals surface area contributed by atoms with Gasteiger partial charge in [-0.3, -0.25) is 42.1 Å². The number of nitrogens with two attached hydrogens (primary N) is 1. The van der Waals surface area contributed by atoms with Crippen molar-refractivity contribution in [2.24, 2.45) is 5.41 Å². The highest BCUT2D eigenvalue weighted by Gasteiger charge is 2.50. The number of aliphatic hydroxyl groups is 2. The van der Waals surface area contributed by atoms with Crippen LogP contribution in [0.5, 0.6) is 0 Å².